The fourth-order valence-electron chi connectivity index (χ4n) is 1.25. The first kappa shape index (κ1) is 12.3. The van der Waals surface area contributed by atoms with Gasteiger partial charge in [-0.05, 0) is 0 Å². The molecule has 0 aliphatic heterocycles. The number of alkyl halides is 2. The predicted octanol–water partition coefficient (Wildman–Crippen LogP) is 0.847. The molecule has 7 heteroatoms. The average molecular weight is 231 g/mol. The lowest BCUT2D eigenvalue weighted by Crippen LogP contribution is -2.15. The zero-order chi connectivity index (χ0) is 12.3. The molecule has 0 aromatic carbocycles. The minimum Gasteiger partial charge on any atom is -0.465 e. The lowest BCUT2D eigenvalue weighted by atomic mass is 10.1. The van der Waals surface area contributed by atoms with Gasteiger partial charge >= 0.3 is 5.97 Å². The fraction of sp³-hybridized carbons (Fsp3) is 0.333. The van der Waals surface area contributed by atoms with E-state index in [9.17, 15) is 13.6 Å². The summed E-state index contributed by atoms with van der Waals surface area (Å²) in [6.45, 7) is -0.0366. The van der Waals surface area contributed by atoms with Crippen LogP contribution in [-0.4, -0.2) is 18.1 Å². The Kier molecular flexibility index (Phi) is 3.73. The molecule has 1 heterocycles. The normalized spacial score (nSPS) is 10.6. The van der Waals surface area contributed by atoms with E-state index < -0.39 is 18.1 Å². The number of nitrogen functional groups attached to an aromatic ring is 1. The molecule has 88 valence electrons. The Morgan fingerprint density at radius 3 is 2.69 bits per heavy atom. The molecule has 0 aliphatic rings. The van der Waals surface area contributed by atoms with Gasteiger partial charge in [-0.2, -0.15) is 0 Å². The predicted molar refractivity (Wildman–Crippen MR) is 52.8 cm³/mol. The number of halogens is 2. The lowest BCUT2D eigenvalue weighted by molar-refractivity contribution is 0.0600. The molecule has 0 unspecified atom stereocenters. The summed E-state index contributed by atoms with van der Waals surface area (Å²) < 4.78 is 29.4. The molecular formula is C9H11F2N3O2. The summed E-state index contributed by atoms with van der Waals surface area (Å²) in [5.41, 5.74) is 9.89. The van der Waals surface area contributed by atoms with Crippen molar-refractivity contribution in [2.24, 2.45) is 5.73 Å². The highest BCUT2D eigenvalue weighted by Crippen LogP contribution is 2.27. The van der Waals surface area contributed by atoms with Gasteiger partial charge in [-0.1, -0.05) is 0 Å². The molecule has 0 saturated heterocycles. The molecule has 4 N–H and O–H groups in total. The van der Waals surface area contributed by atoms with Crippen molar-refractivity contribution in [3.05, 3.63) is 23.0 Å². The molecule has 0 bridgehead atoms. The quantitative estimate of drug-likeness (QED) is 0.752. The van der Waals surface area contributed by atoms with Gasteiger partial charge in [-0.25, -0.2) is 13.6 Å². The number of esters is 1. The molecule has 0 fully saturated rings. The van der Waals surface area contributed by atoms with E-state index in [1.165, 1.54) is 0 Å². The minimum absolute atomic E-state index is 0.0366. The van der Waals surface area contributed by atoms with Gasteiger partial charge in [-0.15, -0.1) is 0 Å². The largest absolute Gasteiger partial charge is 0.465 e. The molecule has 5 nitrogen and oxygen atoms in total. The Hall–Kier alpha value is -1.76. The zero-order valence-electron chi connectivity index (χ0n) is 8.54. The van der Waals surface area contributed by atoms with E-state index in [4.69, 9.17) is 11.5 Å². The van der Waals surface area contributed by atoms with Crippen molar-refractivity contribution in [2.45, 2.75) is 13.0 Å². The third kappa shape index (κ3) is 2.08. The van der Waals surface area contributed by atoms with Crippen molar-refractivity contribution in [3.63, 3.8) is 0 Å². The highest BCUT2D eigenvalue weighted by atomic mass is 19.3. The minimum atomic E-state index is -2.85. The van der Waals surface area contributed by atoms with Crippen LogP contribution in [0.5, 0.6) is 0 Å². The van der Waals surface area contributed by atoms with Gasteiger partial charge in [-0.3, -0.25) is 4.98 Å². The average Bonchev–Trinajstić information content (AvgIpc) is 2.26. The second-order valence-corrected chi connectivity index (χ2v) is 2.95. The smallest absolute Gasteiger partial charge is 0.340 e. The number of nitrogens with zero attached hydrogens (tertiary/aromatic N) is 1. The second kappa shape index (κ2) is 4.84. The maximum atomic E-state index is 12.5. The summed E-state index contributed by atoms with van der Waals surface area (Å²) in [5.74, 6) is -0.803. The first-order valence-electron chi connectivity index (χ1n) is 4.36. The Morgan fingerprint density at radius 1 is 1.62 bits per heavy atom. The summed E-state index contributed by atoms with van der Waals surface area (Å²) in [5, 5.41) is 0. The topological polar surface area (TPSA) is 91.2 Å². The number of carbonyl (C=O) groups is 1. The van der Waals surface area contributed by atoms with E-state index in [2.05, 4.69) is 9.72 Å². The first-order chi connectivity index (χ1) is 7.52. The number of nitrogens with two attached hydrogens (primary N) is 2. The van der Waals surface area contributed by atoms with Crippen LogP contribution < -0.4 is 11.5 Å². The number of rotatable bonds is 3. The van der Waals surface area contributed by atoms with Crippen LogP contribution in [0.15, 0.2) is 6.20 Å². The summed E-state index contributed by atoms with van der Waals surface area (Å²) in [6.07, 6.45) is -1.75. The number of hydrogen-bond donors (Lipinski definition) is 2. The highest BCUT2D eigenvalue weighted by Gasteiger charge is 2.22. The van der Waals surface area contributed by atoms with Crippen LogP contribution >= 0.6 is 0 Å². The number of methoxy groups -OCH3 is 1. The third-order valence-electron chi connectivity index (χ3n) is 2.04. The standard InChI is InChI=1S/C9H11F2N3O2/c1-16-9(15)5-4(2-12)3-14-7(6(5)13)8(10)11/h3,8H,2,12-13H2,1H3. The summed E-state index contributed by atoms with van der Waals surface area (Å²) >= 11 is 0. The van der Waals surface area contributed by atoms with Crippen molar-refractivity contribution < 1.29 is 18.3 Å². The van der Waals surface area contributed by atoms with Crippen LogP contribution in [0.25, 0.3) is 0 Å². The Labute approximate surface area is 90.4 Å². The number of ether oxygens (including phenoxy) is 1. The van der Waals surface area contributed by atoms with E-state index in [0.29, 0.717) is 0 Å². The van der Waals surface area contributed by atoms with Crippen LogP contribution in [0.4, 0.5) is 14.5 Å². The third-order valence-corrected chi connectivity index (χ3v) is 2.04. The number of aromatic nitrogens is 1. The van der Waals surface area contributed by atoms with Crippen LogP contribution in [-0.2, 0) is 11.3 Å². The lowest BCUT2D eigenvalue weighted by Gasteiger charge is -2.11. The van der Waals surface area contributed by atoms with Crippen molar-refractivity contribution in [3.8, 4) is 0 Å². The van der Waals surface area contributed by atoms with Crippen LogP contribution in [0.2, 0.25) is 0 Å². The number of anilines is 1. The maximum Gasteiger partial charge on any atom is 0.340 e. The molecule has 0 amide bonds. The zero-order valence-corrected chi connectivity index (χ0v) is 8.54. The number of hydrogen-bond acceptors (Lipinski definition) is 5. The van der Waals surface area contributed by atoms with Gasteiger partial charge < -0.3 is 16.2 Å². The molecule has 0 spiro atoms. The first-order valence-corrected chi connectivity index (χ1v) is 4.36. The van der Waals surface area contributed by atoms with Gasteiger partial charge in [0.05, 0.1) is 18.4 Å². The molecular weight excluding hydrogens is 220 g/mol. The van der Waals surface area contributed by atoms with Gasteiger partial charge in [0.15, 0.2) is 0 Å². The second-order valence-electron chi connectivity index (χ2n) is 2.95. The molecule has 0 saturated carbocycles. The van der Waals surface area contributed by atoms with E-state index in [0.717, 1.165) is 13.3 Å². The fourth-order valence-corrected chi connectivity index (χ4v) is 1.25. The molecule has 0 atom stereocenters. The molecule has 16 heavy (non-hydrogen) atoms. The van der Waals surface area contributed by atoms with E-state index in [-0.39, 0.29) is 23.4 Å². The van der Waals surface area contributed by atoms with Gasteiger partial charge in [0.2, 0.25) is 0 Å². The summed E-state index contributed by atoms with van der Waals surface area (Å²) in [7, 11) is 1.13. The van der Waals surface area contributed by atoms with Crippen molar-refractivity contribution in [1.82, 2.24) is 4.98 Å². The van der Waals surface area contributed by atoms with Gasteiger partial charge in [0.1, 0.15) is 5.69 Å². The maximum absolute atomic E-state index is 12.5. The Bertz CT molecular complexity index is 410. The molecule has 1 rings (SSSR count). The van der Waals surface area contributed by atoms with Crippen LogP contribution in [0.1, 0.15) is 28.0 Å². The molecule has 0 radical (unpaired) electrons. The molecule has 1 aromatic rings. The van der Waals surface area contributed by atoms with Crippen molar-refractivity contribution >= 4 is 11.7 Å². The highest BCUT2D eigenvalue weighted by molar-refractivity contribution is 5.97. The van der Waals surface area contributed by atoms with Gasteiger partial charge in [0.25, 0.3) is 6.43 Å². The van der Waals surface area contributed by atoms with Crippen LogP contribution in [0.3, 0.4) is 0 Å². The summed E-state index contributed by atoms with van der Waals surface area (Å²) in [6, 6.07) is 0. The molecule has 1 aromatic heterocycles. The van der Waals surface area contributed by atoms with E-state index >= 15 is 0 Å². The Morgan fingerprint density at radius 2 is 2.25 bits per heavy atom. The number of pyridine rings is 1. The Balaban J connectivity index is 3.40. The van der Waals surface area contributed by atoms with Gasteiger partial charge in [0, 0.05) is 18.3 Å². The summed E-state index contributed by atoms with van der Waals surface area (Å²) in [4.78, 5) is 14.8. The van der Waals surface area contributed by atoms with E-state index in [1.54, 1.807) is 0 Å². The van der Waals surface area contributed by atoms with Crippen molar-refractivity contribution in [1.29, 1.82) is 0 Å². The number of carbonyl (C=O) groups excluding carboxylic acids is 1. The van der Waals surface area contributed by atoms with Crippen LogP contribution in [0, 0.1) is 0 Å². The molecule has 0 aliphatic carbocycles. The monoisotopic (exact) mass is 231 g/mol. The van der Waals surface area contributed by atoms with Crippen molar-refractivity contribution in [2.75, 3.05) is 12.8 Å². The van der Waals surface area contributed by atoms with E-state index in [1.807, 2.05) is 0 Å². The SMILES string of the molecule is COC(=O)c1c(CN)cnc(C(F)F)c1N.